The van der Waals surface area contributed by atoms with Gasteiger partial charge in [0.25, 0.3) is 5.91 Å². The number of carbonyl (C=O) groups is 1. The van der Waals surface area contributed by atoms with E-state index in [0.717, 1.165) is 32.6 Å². The van der Waals surface area contributed by atoms with Crippen LogP contribution in [0.1, 0.15) is 30.6 Å². The molecule has 1 aliphatic rings. The summed E-state index contributed by atoms with van der Waals surface area (Å²) >= 11 is 5.91. The van der Waals surface area contributed by atoms with Crippen LogP contribution in [0, 0.1) is 0 Å². The number of hydrogen-bond acceptors (Lipinski definition) is 5. The van der Waals surface area contributed by atoms with Gasteiger partial charge in [-0.1, -0.05) is 18.5 Å². The summed E-state index contributed by atoms with van der Waals surface area (Å²) in [5.74, 6) is 5.69. The Bertz CT molecular complexity index is 502. The number of nitrogens with two attached hydrogens (primary N) is 1. The predicted molar refractivity (Wildman–Crippen MR) is 84.3 cm³/mol. The zero-order valence-corrected chi connectivity index (χ0v) is 13.2. The van der Waals surface area contributed by atoms with E-state index in [1.807, 2.05) is 4.90 Å². The molecule has 1 saturated heterocycles. The molecule has 0 radical (unpaired) electrons. The number of nitrogens with zero attached hydrogens (tertiary/aromatic N) is 3. The highest BCUT2D eigenvalue weighted by atomic mass is 35.5. The number of halogens is 1. The predicted octanol–water partition coefficient (Wildman–Crippen LogP) is 1.58. The number of pyridine rings is 1. The summed E-state index contributed by atoms with van der Waals surface area (Å²) in [6.45, 7) is 7.67. The fourth-order valence-electron chi connectivity index (χ4n) is 2.50. The van der Waals surface area contributed by atoms with Gasteiger partial charge in [0.15, 0.2) is 0 Å². The van der Waals surface area contributed by atoms with Gasteiger partial charge in [0, 0.05) is 37.8 Å². The number of rotatable bonds is 4. The van der Waals surface area contributed by atoms with Crippen molar-refractivity contribution >= 4 is 23.3 Å². The van der Waals surface area contributed by atoms with E-state index in [2.05, 4.69) is 29.2 Å². The van der Waals surface area contributed by atoms with E-state index in [-0.39, 0.29) is 11.1 Å². The molecule has 1 unspecified atom stereocenters. The summed E-state index contributed by atoms with van der Waals surface area (Å²) in [6, 6.07) is 3.76. The number of nitrogen functional groups attached to an aromatic ring is 1. The number of hydrogen-bond donors (Lipinski definition) is 2. The number of carbonyl (C=O) groups excluding carboxylic acids is 1. The normalized spacial score (nSPS) is 17.6. The van der Waals surface area contributed by atoms with Gasteiger partial charge >= 0.3 is 0 Å². The maximum atomic E-state index is 12.5. The minimum atomic E-state index is -0.0281. The highest BCUT2D eigenvalue weighted by molar-refractivity contribution is 6.29. The molecular formula is C14H22ClN5O. The topological polar surface area (TPSA) is 74.5 Å². The fraction of sp³-hybridized carbons (Fsp3) is 0.571. The molecule has 116 valence electrons. The van der Waals surface area contributed by atoms with Crippen LogP contribution in [0.25, 0.3) is 0 Å². The van der Waals surface area contributed by atoms with Gasteiger partial charge in [0.1, 0.15) is 11.0 Å². The number of piperazine rings is 1. The van der Waals surface area contributed by atoms with Crippen LogP contribution in [0.2, 0.25) is 5.15 Å². The Balaban J connectivity index is 2.03. The molecule has 1 aliphatic heterocycles. The summed E-state index contributed by atoms with van der Waals surface area (Å²) in [4.78, 5) is 20.8. The lowest BCUT2D eigenvalue weighted by Gasteiger charge is -2.37. The second-order valence-corrected chi connectivity index (χ2v) is 5.68. The molecule has 1 aromatic rings. The number of aromatic nitrogens is 1. The van der Waals surface area contributed by atoms with E-state index < -0.39 is 0 Å². The number of hydrazine groups is 1. The second kappa shape index (κ2) is 7.06. The Morgan fingerprint density at radius 3 is 2.67 bits per heavy atom. The molecule has 6 nitrogen and oxygen atoms in total. The summed E-state index contributed by atoms with van der Waals surface area (Å²) in [5, 5.41) is 0.257. The Hall–Kier alpha value is -1.37. The third kappa shape index (κ3) is 3.84. The Morgan fingerprint density at radius 1 is 1.43 bits per heavy atom. The lowest BCUT2D eigenvalue weighted by molar-refractivity contribution is 0.0579. The summed E-state index contributed by atoms with van der Waals surface area (Å²) in [7, 11) is 0. The van der Waals surface area contributed by atoms with Crippen LogP contribution >= 0.6 is 11.6 Å². The van der Waals surface area contributed by atoms with Crippen molar-refractivity contribution in [1.29, 1.82) is 0 Å². The van der Waals surface area contributed by atoms with Crippen LogP contribution in [-0.4, -0.2) is 52.9 Å². The average Bonchev–Trinajstić information content (AvgIpc) is 2.52. The lowest BCUT2D eigenvalue weighted by atomic mass is 10.1. The van der Waals surface area contributed by atoms with Crippen molar-refractivity contribution in [3.8, 4) is 0 Å². The minimum absolute atomic E-state index is 0.0281. The molecule has 0 saturated carbocycles. The molecule has 0 aliphatic carbocycles. The van der Waals surface area contributed by atoms with Crippen LogP contribution in [-0.2, 0) is 0 Å². The molecular weight excluding hydrogens is 290 g/mol. The van der Waals surface area contributed by atoms with Gasteiger partial charge in [-0.25, -0.2) is 10.8 Å². The summed E-state index contributed by atoms with van der Waals surface area (Å²) in [6.07, 6.45) is 1.12. The highest BCUT2D eigenvalue weighted by Crippen LogP contribution is 2.17. The first-order valence-corrected chi connectivity index (χ1v) is 7.60. The van der Waals surface area contributed by atoms with Crippen LogP contribution in [0.15, 0.2) is 12.1 Å². The first-order chi connectivity index (χ1) is 10.0. The van der Waals surface area contributed by atoms with Crippen molar-refractivity contribution in [2.45, 2.75) is 26.3 Å². The SMILES string of the molecule is CCC(C)N1CCN(C(=O)c2cc(Cl)nc(NN)c2)CC1. The number of amides is 1. The van der Waals surface area contributed by atoms with Gasteiger partial charge in [-0.3, -0.25) is 9.69 Å². The van der Waals surface area contributed by atoms with Gasteiger partial charge < -0.3 is 10.3 Å². The molecule has 2 heterocycles. The van der Waals surface area contributed by atoms with Crippen LogP contribution in [0.3, 0.4) is 0 Å². The van der Waals surface area contributed by atoms with Crippen molar-refractivity contribution in [3.63, 3.8) is 0 Å². The maximum absolute atomic E-state index is 12.5. The summed E-state index contributed by atoms with van der Waals surface area (Å²) < 4.78 is 0. The van der Waals surface area contributed by atoms with Crippen LogP contribution < -0.4 is 11.3 Å². The van der Waals surface area contributed by atoms with Gasteiger partial charge in [-0.05, 0) is 25.5 Å². The maximum Gasteiger partial charge on any atom is 0.254 e. The van der Waals surface area contributed by atoms with E-state index in [1.54, 1.807) is 12.1 Å². The third-order valence-electron chi connectivity index (χ3n) is 4.00. The van der Waals surface area contributed by atoms with Crippen molar-refractivity contribution in [2.24, 2.45) is 5.84 Å². The molecule has 1 amide bonds. The van der Waals surface area contributed by atoms with E-state index in [9.17, 15) is 4.79 Å². The van der Waals surface area contributed by atoms with Crippen molar-refractivity contribution in [3.05, 3.63) is 22.8 Å². The molecule has 3 N–H and O–H groups in total. The summed E-state index contributed by atoms with van der Waals surface area (Å²) in [5.41, 5.74) is 2.93. The highest BCUT2D eigenvalue weighted by Gasteiger charge is 2.24. The zero-order chi connectivity index (χ0) is 15.4. The van der Waals surface area contributed by atoms with E-state index in [1.165, 1.54) is 0 Å². The fourth-order valence-corrected chi connectivity index (χ4v) is 2.71. The minimum Gasteiger partial charge on any atom is -0.336 e. The monoisotopic (exact) mass is 311 g/mol. The molecule has 0 bridgehead atoms. The molecule has 0 aromatic carbocycles. The third-order valence-corrected chi connectivity index (χ3v) is 4.20. The Kier molecular flexibility index (Phi) is 5.39. The lowest BCUT2D eigenvalue weighted by Crippen LogP contribution is -2.51. The molecule has 0 spiro atoms. The van der Waals surface area contributed by atoms with E-state index in [4.69, 9.17) is 17.4 Å². The molecule has 1 fully saturated rings. The quantitative estimate of drug-likeness (QED) is 0.502. The Labute approximate surface area is 130 Å². The molecule has 1 aromatic heterocycles. The van der Waals surface area contributed by atoms with E-state index >= 15 is 0 Å². The van der Waals surface area contributed by atoms with Crippen molar-refractivity contribution in [1.82, 2.24) is 14.8 Å². The zero-order valence-electron chi connectivity index (χ0n) is 12.5. The Morgan fingerprint density at radius 2 is 2.10 bits per heavy atom. The van der Waals surface area contributed by atoms with Gasteiger partial charge in [0.05, 0.1) is 0 Å². The number of anilines is 1. The largest absolute Gasteiger partial charge is 0.336 e. The van der Waals surface area contributed by atoms with Crippen molar-refractivity contribution < 1.29 is 4.79 Å². The van der Waals surface area contributed by atoms with Gasteiger partial charge in [-0.2, -0.15) is 0 Å². The molecule has 1 atom stereocenters. The van der Waals surface area contributed by atoms with Crippen molar-refractivity contribution in [2.75, 3.05) is 31.6 Å². The second-order valence-electron chi connectivity index (χ2n) is 5.29. The van der Waals surface area contributed by atoms with Crippen LogP contribution in [0.4, 0.5) is 5.82 Å². The van der Waals surface area contributed by atoms with Gasteiger partial charge in [0.2, 0.25) is 0 Å². The van der Waals surface area contributed by atoms with E-state index in [0.29, 0.717) is 17.4 Å². The molecule has 2 rings (SSSR count). The smallest absolute Gasteiger partial charge is 0.254 e. The van der Waals surface area contributed by atoms with Gasteiger partial charge in [-0.15, -0.1) is 0 Å². The first-order valence-electron chi connectivity index (χ1n) is 7.22. The molecule has 7 heteroatoms. The first kappa shape index (κ1) is 16.0. The number of nitrogens with one attached hydrogen (secondary N) is 1. The average molecular weight is 312 g/mol. The standard InChI is InChI=1S/C14H22ClN5O/c1-3-10(2)19-4-6-20(7-5-19)14(21)11-8-12(15)17-13(9-11)18-16/h8-10H,3-7,16H2,1-2H3,(H,17,18). The van der Waals surface area contributed by atoms with Crippen LogP contribution in [0.5, 0.6) is 0 Å². The molecule has 21 heavy (non-hydrogen) atoms.